The molecule has 75 heavy (non-hydrogen) atoms. The van der Waals surface area contributed by atoms with Crippen LogP contribution in [0.15, 0.2) is 0 Å². The molecule has 0 heterocycles. The summed E-state index contributed by atoms with van der Waals surface area (Å²) in [6.45, 7) is 19.9. The highest BCUT2D eigenvalue weighted by Crippen LogP contribution is 2.04. The van der Waals surface area contributed by atoms with Gasteiger partial charge in [-0.2, -0.15) is 0 Å². The van der Waals surface area contributed by atoms with Crippen molar-refractivity contribution in [2.24, 2.45) is 28.7 Å². The Labute approximate surface area is 451 Å². The third kappa shape index (κ3) is 71.5. The molecule has 0 bridgehead atoms. The zero-order valence-corrected chi connectivity index (χ0v) is 48.4. The minimum absolute atomic E-state index is 0.0413. The number of nitrogens with two attached hydrogens (primary N) is 5. The van der Waals surface area contributed by atoms with E-state index in [9.17, 15) is 15.3 Å². The molecule has 0 saturated heterocycles. The molecule has 0 saturated carbocycles. The smallest absolute Gasteiger partial charge is 0.390 e. The van der Waals surface area contributed by atoms with E-state index < -0.39 is 44.7 Å². The summed E-state index contributed by atoms with van der Waals surface area (Å²) >= 11 is 0. The van der Waals surface area contributed by atoms with Crippen LogP contribution in [0.2, 0.25) is 18.1 Å². The zero-order valence-electron chi connectivity index (χ0n) is 45.4. The summed E-state index contributed by atoms with van der Waals surface area (Å²) in [6.07, 6.45) is 2.54. The molecule has 0 aliphatic rings. The molecule has 0 rings (SSSR count). The molecule has 0 radical (unpaired) electrons. The second-order valence-electron chi connectivity index (χ2n) is 18.1. The molecule has 0 aromatic heterocycles. The number of unbranched alkanes of at least 4 members (excludes halogenated alkanes) is 2. The van der Waals surface area contributed by atoms with Gasteiger partial charge in [-0.15, -0.1) is 0 Å². The number of aliphatic hydroxyl groups is 3. The fourth-order valence-corrected chi connectivity index (χ4v) is 8.45. The summed E-state index contributed by atoms with van der Waals surface area (Å²) in [5, 5.41) is 52.6. The van der Waals surface area contributed by atoms with Gasteiger partial charge in [0.2, 0.25) is 0 Å². The van der Waals surface area contributed by atoms with Crippen LogP contribution in [0.3, 0.4) is 0 Å². The van der Waals surface area contributed by atoms with Gasteiger partial charge >= 0.3 is 26.4 Å². The molecule has 0 aromatic rings. The van der Waals surface area contributed by atoms with Crippen LogP contribution in [0.5, 0.6) is 0 Å². The average Bonchev–Trinajstić information content (AvgIpc) is 3.33. The van der Waals surface area contributed by atoms with Crippen LogP contribution in [0.4, 0.5) is 0 Å². The first kappa shape index (κ1) is 78.7. The van der Waals surface area contributed by atoms with Crippen LogP contribution in [-0.2, 0) is 14.2 Å². The normalized spacial score (nSPS) is 13.5. The standard InChI is InChI=1S/C15H38N4O5Si.2C14H37N5O5Si/c16-5-8-18-10-9-17-6-2-1-3-7-19-13-15(20)14-24-11-4-12-25(21,22)23;15-2-4-17-5-6-18-7-9-19(8-3-16)12-14(20)13-24-10-1-11-25(21,22)23;15-2-4-17-6-8-19(9-7-18-5-3-16)12-14(20)13-24-10-1-11-25(21,22)23/h15,17-23H,1-14,16H2;2*14,17-18,20-23H,1-13,15-16H2. The summed E-state index contributed by atoms with van der Waals surface area (Å²) < 4.78 is 15.8. The Hall–Kier alpha value is -0.509. The van der Waals surface area contributed by atoms with Gasteiger partial charge in [0.05, 0.1) is 38.1 Å². The van der Waals surface area contributed by atoms with E-state index in [1.165, 1.54) is 0 Å². The Morgan fingerprint density at radius 1 is 0.333 bits per heavy atom. The maximum Gasteiger partial charge on any atom is 0.492 e. The SMILES string of the molecule is NCCNCCN(CCNCCN)CC(O)COCCC[Si](O)(O)O.NCCNCCNCCCCCNCC(O)COCCC[Si](O)(O)O.NCCNCCNCCN(CCN)CC(O)COCCC[Si](O)(O)O. The van der Waals surface area contributed by atoms with E-state index in [0.717, 1.165) is 124 Å². The van der Waals surface area contributed by atoms with Gasteiger partial charge in [-0.1, -0.05) is 6.42 Å². The number of aliphatic hydroxyl groups excluding tert-OH is 3. The third-order valence-corrected chi connectivity index (χ3v) is 13.4. The van der Waals surface area contributed by atoms with E-state index >= 15 is 0 Å². The van der Waals surface area contributed by atoms with Gasteiger partial charge in [0, 0.05) is 188 Å². The summed E-state index contributed by atoms with van der Waals surface area (Å²) in [5.74, 6) is 0. The Morgan fingerprint density at radius 2 is 0.640 bits per heavy atom. The average molecular weight is 1150 g/mol. The number of hydrogen-bond acceptors (Lipinski definition) is 29. The molecule has 3 atom stereocenters. The van der Waals surface area contributed by atoms with E-state index in [2.05, 4.69) is 47.0 Å². The Morgan fingerprint density at radius 3 is 0.987 bits per heavy atom. The highest BCUT2D eigenvalue weighted by Gasteiger charge is 2.27. The van der Waals surface area contributed by atoms with Crippen molar-refractivity contribution in [2.75, 3.05) is 203 Å². The lowest BCUT2D eigenvalue weighted by molar-refractivity contribution is 0.0165. The molecule has 0 aliphatic carbocycles. The summed E-state index contributed by atoms with van der Waals surface area (Å²) in [5.41, 5.74) is 27.3. The maximum absolute atomic E-state index is 10.1. The first-order valence-corrected chi connectivity index (χ1v) is 33.1. The number of hydrogen-bond donors (Lipinski definition) is 24. The highest BCUT2D eigenvalue weighted by molar-refractivity contribution is 6.56. The van der Waals surface area contributed by atoms with E-state index in [0.29, 0.717) is 84.8 Å². The minimum Gasteiger partial charge on any atom is -0.390 e. The third-order valence-electron chi connectivity index (χ3n) is 10.4. The Balaban J connectivity index is -0.00000104. The fraction of sp³-hybridized carbons (Fsp3) is 1.00. The van der Waals surface area contributed by atoms with Gasteiger partial charge in [-0.25, -0.2) is 0 Å². The van der Waals surface area contributed by atoms with Crippen molar-refractivity contribution in [3.05, 3.63) is 0 Å². The first-order valence-electron chi connectivity index (χ1n) is 26.9. The monoisotopic (exact) mass is 1150 g/mol. The van der Waals surface area contributed by atoms with Crippen LogP contribution in [0, 0.1) is 0 Å². The van der Waals surface area contributed by atoms with Crippen LogP contribution in [-0.4, -0.2) is 316 Å². The van der Waals surface area contributed by atoms with Gasteiger partial charge in [0.15, 0.2) is 0 Å². The lowest BCUT2D eigenvalue weighted by Gasteiger charge is -2.25. The van der Waals surface area contributed by atoms with Crippen molar-refractivity contribution in [1.29, 1.82) is 0 Å². The van der Waals surface area contributed by atoms with Crippen molar-refractivity contribution in [1.82, 2.24) is 47.0 Å². The summed E-state index contributed by atoms with van der Waals surface area (Å²) in [7, 11) is -11.9. The van der Waals surface area contributed by atoms with Crippen molar-refractivity contribution in [2.45, 2.75) is 75.0 Å². The molecular weight excluding hydrogens is 1040 g/mol. The zero-order chi connectivity index (χ0) is 56.7. The fourth-order valence-electron chi connectivity index (χ4n) is 6.59. The Kier molecular flexibility index (Phi) is 59.6. The second kappa shape index (κ2) is 56.8. The van der Waals surface area contributed by atoms with Crippen molar-refractivity contribution in [3.63, 3.8) is 0 Å². The molecular formula is C43H112N14O15Si3. The summed E-state index contributed by atoms with van der Waals surface area (Å²) in [6, 6.07) is -0.163. The van der Waals surface area contributed by atoms with E-state index in [-0.39, 0.29) is 51.2 Å². The number of rotatable bonds is 55. The van der Waals surface area contributed by atoms with Crippen molar-refractivity contribution >= 4 is 26.4 Å². The maximum atomic E-state index is 10.1. The van der Waals surface area contributed by atoms with E-state index in [4.69, 9.17) is 86.0 Å². The van der Waals surface area contributed by atoms with Gasteiger partial charge in [-0.3, -0.25) is 9.80 Å². The van der Waals surface area contributed by atoms with Crippen molar-refractivity contribution in [3.8, 4) is 0 Å². The molecule has 0 fully saturated rings. The van der Waals surface area contributed by atoms with E-state index in [1.807, 2.05) is 0 Å². The predicted octanol–water partition coefficient (Wildman–Crippen LogP) is -10.3. The lowest BCUT2D eigenvalue weighted by Crippen LogP contribution is -2.43. The van der Waals surface area contributed by atoms with Gasteiger partial charge in [-0.05, 0) is 45.2 Å². The minimum atomic E-state index is -3.99. The molecule has 29 nitrogen and oxygen atoms in total. The molecule has 0 amide bonds. The molecule has 3 unspecified atom stereocenters. The van der Waals surface area contributed by atoms with Gasteiger partial charge < -0.3 is 139 Å². The number of nitrogens with zero attached hydrogens (tertiary/aromatic N) is 2. The predicted molar refractivity (Wildman–Crippen MR) is 298 cm³/mol. The summed E-state index contributed by atoms with van der Waals surface area (Å²) in [4.78, 5) is 84.0. The molecule has 0 aliphatic heterocycles. The second-order valence-corrected chi connectivity index (χ2v) is 24.3. The van der Waals surface area contributed by atoms with Gasteiger partial charge in [0.25, 0.3) is 0 Å². The molecule has 0 spiro atoms. The molecule has 32 heteroatoms. The van der Waals surface area contributed by atoms with E-state index in [1.54, 1.807) is 0 Å². The quantitative estimate of drug-likeness (QED) is 0.0199. The number of ether oxygens (including phenoxy) is 3. The Bertz CT molecular complexity index is 1130. The highest BCUT2D eigenvalue weighted by atomic mass is 28.4. The number of nitrogens with one attached hydrogen (secondary N) is 7. The van der Waals surface area contributed by atoms with Gasteiger partial charge in [0.1, 0.15) is 0 Å². The van der Waals surface area contributed by atoms with Crippen molar-refractivity contribution < 1.29 is 72.7 Å². The largest absolute Gasteiger partial charge is 0.492 e. The van der Waals surface area contributed by atoms with Crippen LogP contribution in [0.1, 0.15) is 38.5 Å². The molecule has 456 valence electrons. The van der Waals surface area contributed by atoms with Crippen LogP contribution in [0.25, 0.3) is 0 Å². The molecule has 0 aromatic carbocycles. The van der Waals surface area contributed by atoms with Crippen LogP contribution < -0.4 is 65.9 Å². The molecule has 29 N–H and O–H groups in total. The lowest BCUT2D eigenvalue weighted by atomic mass is 10.2. The van der Waals surface area contributed by atoms with Crippen LogP contribution >= 0.6 is 0 Å². The first-order chi connectivity index (χ1) is 35.7. The topological polar surface area (TPSA) is 491 Å².